The number of carbonyl (C=O) groups is 1. The summed E-state index contributed by atoms with van der Waals surface area (Å²) in [7, 11) is 0. The standard InChI is InChI=1S/C8H5FN2O.ClH/c9-7-2-1-5(4-10)3-6(7)8(11)12;/h1-3H,(H2,11,12);1H. The first kappa shape index (κ1) is 11.4. The summed E-state index contributed by atoms with van der Waals surface area (Å²) in [5.74, 6) is -1.58. The van der Waals surface area contributed by atoms with E-state index >= 15 is 0 Å². The molecule has 2 N–H and O–H groups in total. The number of nitrogens with two attached hydrogens (primary N) is 1. The molecule has 0 saturated carbocycles. The Morgan fingerprint density at radius 3 is 2.62 bits per heavy atom. The van der Waals surface area contributed by atoms with Gasteiger partial charge in [-0.1, -0.05) is 0 Å². The Hall–Kier alpha value is -1.60. The normalized spacial score (nSPS) is 8.31. The van der Waals surface area contributed by atoms with Gasteiger partial charge in [0.05, 0.1) is 17.2 Å². The fourth-order valence-electron chi connectivity index (χ4n) is 0.784. The third kappa shape index (κ3) is 2.42. The van der Waals surface area contributed by atoms with Gasteiger partial charge in [-0.2, -0.15) is 5.26 Å². The van der Waals surface area contributed by atoms with Gasteiger partial charge in [-0.25, -0.2) is 4.39 Å². The minimum atomic E-state index is -0.871. The van der Waals surface area contributed by atoms with Crippen LogP contribution in [0.25, 0.3) is 0 Å². The molecule has 0 saturated heterocycles. The second-order valence-corrected chi connectivity index (χ2v) is 2.17. The molecule has 0 radical (unpaired) electrons. The van der Waals surface area contributed by atoms with Gasteiger partial charge in [-0.05, 0) is 18.2 Å². The molecule has 3 nitrogen and oxygen atoms in total. The maximum Gasteiger partial charge on any atom is 0.251 e. The summed E-state index contributed by atoms with van der Waals surface area (Å²) in [6.07, 6.45) is 0. The van der Waals surface area contributed by atoms with Crippen LogP contribution in [0.2, 0.25) is 0 Å². The minimum absolute atomic E-state index is 0. The molecule has 5 heteroatoms. The van der Waals surface area contributed by atoms with Gasteiger partial charge in [0.25, 0.3) is 5.91 Å². The summed E-state index contributed by atoms with van der Waals surface area (Å²) in [5.41, 5.74) is 4.81. The van der Waals surface area contributed by atoms with Crippen molar-refractivity contribution in [2.45, 2.75) is 0 Å². The van der Waals surface area contributed by atoms with E-state index in [1.807, 2.05) is 0 Å². The third-order valence-corrected chi connectivity index (χ3v) is 1.36. The van der Waals surface area contributed by atoms with Crippen molar-refractivity contribution in [2.75, 3.05) is 0 Å². The van der Waals surface area contributed by atoms with Crippen molar-refractivity contribution in [3.8, 4) is 6.07 Å². The number of nitrogens with zero attached hydrogens (tertiary/aromatic N) is 1. The number of carbonyl (C=O) groups excluding carboxylic acids is 1. The fraction of sp³-hybridized carbons (Fsp3) is 0. The second-order valence-electron chi connectivity index (χ2n) is 2.17. The van der Waals surface area contributed by atoms with Crippen molar-refractivity contribution in [1.29, 1.82) is 5.26 Å². The first-order chi connectivity index (χ1) is 5.65. The van der Waals surface area contributed by atoms with E-state index in [1.54, 1.807) is 6.07 Å². The molecule has 13 heavy (non-hydrogen) atoms. The second kappa shape index (κ2) is 4.43. The summed E-state index contributed by atoms with van der Waals surface area (Å²) < 4.78 is 12.7. The molecule has 0 atom stereocenters. The maximum atomic E-state index is 12.7. The number of hydrogen-bond donors (Lipinski definition) is 1. The van der Waals surface area contributed by atoms with Crippen molar-refractivity contribution < 1.29 is 9.18 Å². The average Bonchev–Trinajstić information content (AvgIpc) is 2.05. The van der Waals surface area contributed by atoms with Crippen LogP contribution < -0.4 is 5.73 Å². The lowest BCUT2D eigenvalue weighted by Crippen LogP contribution is -2.13. The van der Waals surface area contributed by atoms with E-state index in [-0.39, 0.29) is 23.5 Å². The highest BCUT2D eigenvalue weighted by Gasteiger charge is 2.07. The number of nitriles is 1. The molecular weight excluding hydrogens is 195 g/mol. The Labute approximate surface area is 80.4 Å². The lowest BCUT2D eigenvalue weighted by atomic mass is 10.1. The fourth-order valence-corrected chi connectivity index (χ4v) is 0.784. The molecule has 1 aromatic carbocycles. The molecule has 0 aromatic heterocycles. The van der Waals surface area contributed by atoms with Crippen LogP contribution in [0.4, 0.5) is 4.39 Å². The number of amides is 1. The SMILES string of the molecule is Cl.N#Cc1ccc(F)c(C(N)=O)c1. The van der Waals surface area contributed by atoms with E-state index in [0.717, 1.165) is 12.1 Å². The Kier molecular flexibility index (Phi) is 3.89. The summed E-state index contributed by atoms with van der Waals surface area (Å²) in [5, 5.41) is 8.41. The van der Waals surface area contributed by atoms with Crippen LogP contribution in [-0.4, -0.2) is 5.91 Å². The molecule has 0 bridgehead atoms. The molecule has 0 spiro atoms. The Balaban J connectivity index is 0.00000144. The molecule has 0 fully saturated rings. The van der Waals surface area contributed by atoms with Crippen molar-refractivity contribution in [3.63, 3.8) is 0 Å². The van der Waals surface area contributed by atoms with Gasteiger partial charge >= 0.3 is 0 Å². The summed E-state index contributed by atoms with van der Waals surface area (Å²) >= 11 is 0. The smallest absolute Gasteiger partial charge is 0.251 e. The molecule has 1 amide bonds. The topological polar surface area (TPSA) is 66.9 Å². The van der Waals surface area contributed by atoms with E-state index < -0.39 is 11.7 Å². The number of primary amides is 1. The van der Waals surface area contributed by atoms with E-state index in [1.165, 1.54) is 6.07 Å². The minimum Gasteiger partial charge on any atom is -0.366 e. The predicted octanol–water partition coefficient (Wildman–Crippen LogP) is 1.22. The van der Waals surface area contributed by atoms with Crippen molar-refractivity contribution in [3.05, 3.63) is 35.1 Å². The van der Waals surface area contributed by atoms with Gasteiger partial charge in [0.15, 0.2) is 0 Å². The molecule has 1 rings (SSSR count). The zero-order valence-electron chi connectivity index (χ0n) is 6.45. The van der Waals surface area contributed by atoms with Crippen LogP contribution >= 0.6 is 12.4 Å². The van der Waals surface area contributed by atoms with Crippen LogP contribution in [0.5, 0.6) is 0 Å². The molecule has 0 heterocycles. The van der Waals surface area contributed by atoms with Crippen molar-refractivity contribution in [1.82, 2.24) is 0 Å². The highest BCUT2D eigenvalue weighted by Crippen LogP contribution is 2.08. The largest absolute Gasteiger partial charge is 0.366 e. The molecule has 0 aliphatic heterocycles. The number of halogens is 2. The van der Waals surface area contributed by atoms with Crippen LogP contribution in [0.15, 0.2) is 18.2 Å². The van der Waals surface area contributed by atoms with Gasteiger partial charge < -0.3 is 5.73 Å². The lowest BCUT2D eigenvalue weighted by molar-refractivity contribution is 0.0996. The number of benzene rings is 1. The molecular formula is C8H6ClFN2O. The van der Waals surface area contributed by atoms with E-state index in [2.05, 4.69) is 0 Å². The van der Waals surface area contributed by atoms with Crippen molar-refractivity contribution in [2.24, 2.45) is 5.73 Å². The highest BCUT2D eigenvalue weighted by atomic mass is 35.5. The first-order valence-corrected chi connectivity index (χ1v) is 3.14. The maximum absolute atomic E-state index is 12.7. The van der Waals surface area contributed by atoms with Crippen LogP contribution in [0.3, 0.4) is 0 Å². The quantitative estimate of drug-likeness (QED) is 0.741. The van der Waals surface area contributed by atoms with Gasteiger partial charge in [0.2, 0.25) is 0 Å². The molecule has 0 aliphatic rings. The van der Waals surface area contributed by atoms with Crippen molar-refractivity contribution >= 4 is 18.3 Å². The Bertz CT molecular complexity index is 373. The summed E-state index contributed by atoms with van der Waals surface area (Å²) in [4.78, 5) is 10.6. The average molecular weight is 201 g/mol. The Morgan fingerprint density at radius 2 is 2.15 bits per heavy atom. The number of rotatable bonds is 1. The van der Waals surface area contributed by atoms with Gasteiger partial charge in [0, 0.05) is 0 Å². The summed E-state index contributed by atoms with van der Waals surface area (Å²) in [6.45, 7) is 0. The van der Waals surface area contributed by atoms with Gasteiger partial charge in [-0.3, -0.25) is 4.79 Å². The van der Waals surface area contributed by atoms with Crippen LogP contribution in [0, 0.1) is 17.1 Å². The molecule has 0 unspecified atom stereocenters. The van der Waals surface area contributed by atoms with E-state index in [0.29, 0.717) is 0 Å². The van der Waals surface area contributed by atoms with Crippen LogP contribution in [0.1, 0.15) is 15.9 Å². The highest BCUT2D eigenvalue weighted by molar-refractivity contribution is 5.93. The molecule has 68 valence electrons. The number of hydrogen-bond acceptors (Lipinski definition) is 2. The Morgan fingerprint density at radius 1 is 1.54 bits per heavy atom. The monoisotopic (exact) mass is 200 g/mol. The third-order valence-electron chi connectivity index (χ3n) is 1.36. The molecule has 0 aliphatic carbocycles. The zero-order chi connectivity index (χ0) is 9.14. The van der Waals surface area contributed by atoms with E-state index in [9.17, 15) is 9.18 Å². The first-order valence-electron chi connectivity index (χ1n) is 3.14. The summed E-state index contributed by atoms with van der Waals surface area (Å²) in [6, 6.07) is 5.22. The van der Waals surface area contributed by atoms with Gasteiger partial charge in [-0.15, -0.1) is 12.4 Å². The van der Waals surface area contributed by atoms with E-state index in [4.69, 9.17) is 11.0 Å². The lowest BCUT2D eigenvalue weighted by Gasteiger charge is -1.96. The zero-order valence-corrected chi connectivity index (χ0v) is 7.27. The van der Waals surface area contributed by atoms with Gasteiger partial charge in [0.1, 0.15) is 5.82 Å². The molecule has 1 aromatic rings. The van der Waals surface area contributed by atoms with Crippen LogP contribution in [-0.2, 0) is 0 Å². The predicted molar refractivity (Wildman–Crippen MR) is 46.9 cm³/mol.